The summed E-state index contributed by atoms with van der Waals surface area (Å²) in [6, 6.07) is 20.4. The van der Waals surface area contributed by atoms with Crippen molar-refractivity contribution in [3.05, 3.63) is 118 Å². The molecule has 0 heterocycles. The fourth-order valence-corrected chi connectivity index (χ4v) is 6.84. The summed E-state index contributed by atoms with van der Waals surface area (Å²) in [4.78, 5) is 77.7. The first-order chi connectivity index (χ1) is 21.4. The first kappa shape index (κ1) is 29.5. The normalized spacial score (nSPS) is 17.2. The molecular weight excluding hydrogens is 596 g/mol. The molecule has 2 aliphatic carbocycles. The molecule has 2 amide bonds. The van der Waals surface area contributed by atoms with Gasteiger partial charge < -0.3 is 10.6 Å². The van der Waals surface area contributed by atoms with Crippen LogP contribution in [0.3, 0.4) is 0 Å². The minimum absolute atomic E-state index is 0.0823. The molecule has 0 fully saturated rings. The fraction of sp³-hybridized carbons (Fsp3) is 0.118. The smallest absolute Gasteiger partial charge is 0.243 e. The predicted octanol–water partition coefficient (Wildman–Crippen LogP) is 4.40. The van der Waals surface area contributed by atoms with Crippen LogP contribution in [-0.2, 0) is 19.4 Å². The summed E-state index contributed by atoms with van der Waals surface area (Å²) in [5.41, 5.74) is 1.72. The van der Waals surface area contributed by atoms with E-state index in [1.165, 1.54) is 12.1 Å². The van der Waals surface area contributed by atoms with E-state index in [-0.39, 0.29) is 32.0 Å². The molecule has 2 unspecified atom stereocenters. The van der Waals surface area contributed by atoms with E-state index in [0.717, 1.165) is 35.4 Å². The zero-order valence-electron chi connectivity index (χ0n) is 23.9. The summed E-state index contributed by atoms with van der Waals surface area (Å²) in [7, 11) is -4.38. The Kier molecular flexibility index (Phi) is 7.13. The molecule has 4 aromatic rings. The summed E-state index contributed by atoms with van der Waals surface area (Å²) in [5.74, 6) is -8.19. The number of Topliss-reactive ketones (excluding diaryl/α,β-unsaturated/α-hetero) is 4. The molecule has 0 aromatic heterocycles. The monoisotopic (exact) mass is 620 g/mol. The standard InChI is InChI=1S/C34H24N2O8S/c1-17-7-3-5-9-25(17)35-33(41)27-29(37)21-13-11-19(15-23(21)31(27)39)45(43,44)20-12-14-22-24(16-20)32(40)28(30(22)38)34(42)36-26-10-6-4-8-18(26)2/h3-16,27-28H,1-2H3,(H,35,41)(H,36,42). The first-order valence-electron chi connectivity index (χ1n) is 13.8. The van der Waals surface area contributed by atoms with Gasteiger partial charge in [0.2, 0.25) is 21.7 Å². The molecule has 0 saturated heterocycles. The number of fused-ring (bicyclic) bond motifs is 2. The van der Waals surface area contributed by atoms with Crippen LogP contribution in [0.15, 0.2) is 94.7 Å². The number of nitrogens with one attached hydrogen (secondary N) is 2. The van der Waals surface area contributed by atoms with Gasteiger partial charge in [0.25, 0.3) is 0 Å². The van der Waals surface area contributed by atoms with Crippen LogP contribution in [0.2, 0.25) is 0 Å². The van der Waals surface area contributed by atoms with E-state index in [9.17, 15) is 37.2 Å². The highest BCUT2D eigenvalue weighted by Crippen LogP contribution is 2.35. The van der Waals surface area contributed by atoms with Crippen LogP contribution >= 0.6 is 0 Å². The van der Waals surface area contributed by atoms with E-state index in [1.807, 2.05) is 0 Å². The van der Waals surface area contributed by atoms with Gasteiger partial charge in [-0.2, -0.15) is 0 Å². The fourth-order valence-electron chi connectivity index (χ4n) is 5.53. The summed E-state index contributed by atoms with van der Waals surface area (Å²) in [5, 5.41) is 5.18. The number of anilines is 2. The van der Waals surface area contributed by atoms with E-state index in [2.05, 4.69) is 10.6 Å². The number of sulfone groups is 1. The Morgan fingerprint density at radius 1 is 0.533 bits per heavy atom. The number of carbonyl (C=O) groups is 6. The molecule has 4 aromatic carbocycles. The zero-order chi connectivity index (χ0) is 32.2. The van der Waals surface area contributed by atoms with E-state index in [1.54, 1.807) is 62.4 Å². The molecule has 2 atom stereocenters. The van der Waals surface area contributed by atoms with Gasteiger partial charge in [-0.05, 0) is 73.5 Å². The number of carbonyl (C=O) groups excluding carboxylic acids is 6. The minimum Gasteiger partial charge on any atom is -0.325 e. The molecule has 45 heavy (non-hydrogen) atoms. The highest BCUT2D eigenvalue weighted by molar-refractivity contribution is 7.91. The zero-order valence-corrected chi connectivity index (χ0v) is 24.7. The third kappa shape index (κ3) is 4.87. The van der Waals surface area contributed by atoms with Crippen LogP contribution in [0.5, 0.6) is 0 Å². The first-order valence-corrected chi connectivity index (χ1v) is 15.3. The molecule has 0 saturated carbocycles. The second-order valence-corrected chi connectivity index (χ2v) is 12.8. The average Bonchev–Trinajstić information content (AvgIpc) is 3.42. The van der Waals surface area contributed by atoms with Gasteiger partial charge in [-0.3, -0.25) is 28.8 Å². The molecule has 0 bridgehead atoms. The molecule has 2 N–H and O–H groups in total. The van der Waals surface area contributed by atoms with Crippen LogP contribution in [0, 0.1) is 25.7 Å². The highest BCUT2D eigenvalue weighted by atomic mass is 32.2. The lowest BCUT2D eigenvalue weighted by Gasteiger charge is -2.10. The Hall–Kier alpha value is -5.55. The third-order valence-electron chi connectivity index (χ3n) is 8.04. The third-order valence-corrected chi connectivity index (χ3v) is 9.79. The van der Waals surface area contributed by atoms with Crippen LogP contribution < -0.4 is 10.6 Å². The van der Waals surface area contributed by atoms with Crippen molar-refractivity contribution in [2.45, 2.75) is 23.6 Å². The van der Waals surface area contributed by atoms with Crippen molar-refractivity contribution in [2.24, 2.45) is 11.8 Å². The molecule has 0 aliphatic heterocycles. The molecule has 0 radical (unpaired) electrons. The maximum absolute atomic E-state index is 13.6. The van der Waals surface area contributed by atoms with Crippen molar-refractivity contribution in [2.75, 3.05) is 10.6 Å². The topological polar surface area (TPSA) is 161 Å². The Morgan fingerprint density at radius 3 is 1.27 bits per heavy atom. The Bertz CT molecular complexity index is 1990. The summed E-state index contributed by atoms with van der Waals surface area (Å²) in [6.45, 7) is 3.51. The summed E-state index contributed by atoms with van der Waals surface area (Å²) in [6.07, 6.45) is 0. The van der Waals surface area contributed by atoms with Gasteiger partial charge in [0.1, 0.15) is 0 Å². The van der Waals surface area contributed by atoms with E-state index in [0.29, 0.717) is 11.4 Å². The molecule has 2 aliphatic rings. The predicted molar refractivity (Wildman–Crippen MR) is 162 cm³/mol. The van der Waals surface area contributed by atoms with Gasteiger partial charge in [-0.25, -0.2) is 8.42 Å². The van der Waals surface area contributed by atoms with Crippen LogP contribution in [0.25, 0.3) is 0 Å². The van der Waals surface area contributed by atoms with Crippen LogP contribution in [0.1, 0.15) is 52.6 Å². The number of para-hydroxylation sites is 2. The lowest BCUT2D eigenvalue weighted by molar-refractivity contribution is -0.118. The lowest BCUT2D eigenvalue weighted by atomic mass is 10.0. The Balaban J connectivity index is 1.27. The van der Waals surface area contributed by atoms with Gasteiger partial charge in [-0.15, -0.1) is 0 Å². The molecule has 10 nitrogen and oxygen atoms in total. The molecule has 224 valence electrons. The van der Waals surface area contributed by atoms with Gasteiger partial charge in [0.05, 0.1) is 9.79 Å². The number of rotatable bonds is 6. The molecule has 0 spiro atoms. The average molecular weight is 621 g/mol. The van der Waals surface area contributed by atoms with Crippen molar-refractivity contribution in [1.29, 1.82) is 0 Å². The number of aryl methyl sites for hydroxylation is 2. The number of hydrogen-bond acceptors (Lipinski definition) is 8. The van der Waals surface area contributed by atoms with Gasteiger partial charge in [-0.1, -0.05) is 36.4 Å². The van der Waals surface area contributed by atoms with Crippen molar-refractivity contribution >= 4 is 56.2 Å². The lowest BCUT2D eigenvalue weighted by Crippen LogP contribution is -2.31. The molecule has 6 rings (SSSR count). The maximum atomic E-state index is 13.6. The van der Waals surface area contributed by atoms with E-state index < -0.39 is 56.6 Å². The largest absolute Gasteiger partial charge is 0.325 e. The number of hydrogen-bond donors (Lipinski definition) is 2. The minimum atomic E-state index is -4.38. The number of ketones is 4. The SMILES string of the molecule is Cc1ccccc1NC(=O)C1C(=O)c2ccc(S(=O)(=O)c3ccc4c(c3)C(=O)C(C(=O)Nc3ccccc3C)C4=O)cc2C1=O. The Morgan fingerprint density at radius 2 is 0.889 bits per heavy atom. The van der Waals surface area contributed by atoms with Gasteiger partial charge in [0.15, 0.2) is 35.0 Å². The second kappa shape index (κ2) is 10.9. The molecular formula is C34H24N2O8S. The van der Waals surface area contributed by atoms with Crippen molar-refractivity contribution in [3.63, 3.8) is 0 Å². The van der Waals surface area contributed by atoms with Gasteiger partial charge in [0, 0.05) is 33.6 Å². The van der Waals surface area contributed by atoms with Crippen LogP contribution in [0.4, 0.5) is 11.4 Å². The van der Waals surface area contributed by atoms with Crippen molar-refractivity contribution in [1.82, 2.24) is 0 Å². The van der Waals surface area contributed by atoms with E-state index in [4.69, 9.17) is 0 Å². The van der Waals surface area contributed by atoms with Crippen molar-refractivity contribution in [3.8, 4) is 0 Å². The summed E-state index contributed by atoms with van der Waals surface area (Å²) < 4.78 is 27.3. The number of amides is 2. The quantitative estimate of drug-likeness (QED) is 0.300. The number of benzene rings is 4. The Labute approximate surface area is 257 Å². The van der Waals surface area contributed by atoms with Crippen LogP contribution in [-0.4, -0.2) is 43.4 Å². The summed E-state index contributed by atoms with van der Waals surface area (Å²) >= 11 is 0. The van der Waals surface area contributed by atoms with Crippen molar-refractivity contribution < 1.29 is 37.2 Å². The maximum Gasteiger partial charge on any atom is 0.243 e. The highest BCUT2D eigenvalue weighted by Gasteiger charge is 2.46. The second-order valence-electron chi connectivity index (χ2n) is 10.8. The van der Waals surface area contributed by atoms with Gasteiger partial charge >= 0.3 is 0 Å². The molecule has 11 heteroatoms. The van der Waals surface area contributed by atoms with E-state index >= 15 is 0 Å².